The van der Waals surface area contributed by atoms with Crippen molar-refractivity contribution in [1.29, 1.82) is 0 Å². The summed E-state index contributed by atoms with van der Waals surface area (Å²) in [6, 6.07) is 12.9. The molecule has 5 aromatic rings. The van der Waals surface area contributed by atoms with Gasteiger partial charge in [-0.05, 0) is 35.2 Å². The molecule has 1 aliphatic heterocycles. The first-order chi connectivity index (χ1) is 18.3. The van der Waals surface area contributed by atoms with Crippen LogP contribution in [0.25, 0.3) is 33.1 Å². The lowest BCUT2D eigenvalue weighted by Crippen LogP contribution is -2.21. The van der Waals surface area contributed by atoms with Crippen LogP contribution in [0.2, 0.25) is 0 Å². The summed E-state index contributed by atoms with van der Waals surface area (Å²) in [5.74, 6) is -1.54. The SMILES string of the molecule is Fc1cccc(-c2nc3c([nH]2)C=NN(Cc2cc(-c4ccc(-c5cccs5)cc4C(F)(F)F)no2)C3)c1F. The predicted octanol–water partition coefficient (Wildman–Crippen LogP) is 7.11. The van der Waals surface area contributed by atoms with E-state index in [0.717, 1.165) is 17.0 Å². The summed E-state index contributed by atoms with van der Waals surface area (Å²) in [7, 11) is 0. The van der Waals surface area contributed by atoms with Gasteiger partial charge >= 0.3 is 6.18 Å². The number of rotatable bonds is 5. The number of nitrogens with zero attached hydrogens (tertiary/aromatic N) is 4. The van der Waals surface area contributed by atoms with Crippen LogP contribution in [-0.4, -0.2) is 26.3 Å². The lowest BCUT2D eigenvalue weighted by molar-refractivity contribution is -0.137. The van der Waals surface area contributed by atoms with Crippen molar-refractivity contribution in [3.63, 3.8) is 0 Å². The number of aromatic nitrogens is 3. The smallest absolute Gasteiger partial charge is 0.359 e. The van der Waals surface area contributed by atoms with Crippen molar-refractivity contribution >= 4 is 17.6 Å². The van der Waals surface area contributed by atoms with Gasteiger partial charge in [0.2, 0.25) is 0 Å². The minimum Gasteiger partial charge on any atom is -0.359 e. The van der Waals surface area contributed by atoms with Crippen LogP contribution in [0, 0.1) is 11.6 Å². The highest BCUT2D eigenvalue weighted by Gasteiger charge is 2.35. The summed E-state index contributed by atoms with van der Waals surface area (Å²) >= 11 is 1.35. The van der Waals surface area contributed by atoms with Crippen LogP contribution >= 0.6 is 11.3 Å². The highest BCUT2D eigenvalue weighted by atomic mass is 32.1. The number of fused-ring (bicyclic) bond motifs is 1. The molecule has 0 spiro atoms. The Bertz CT molecular complexity index is 1650. The van der Waals surface area contributed by atoms with Gasteiger partial charge in [-0.1, -0.05) is 29.4 Å². The third kappa shape index (κ3) is 4.47. The van der Waals surface area contributed by atoms with E-state index in [0.29, 0.717) is 22.7 Å². The number of nitrogens with one attached hydrogen (secondary N) is 1. The van der Waals surface area contributed by atoms with E-state index in [9.17, 15) is 22.0 Å². The van der Waals surface area contributed by atoms with Crippen molar-refractivity contribution in [1.82, 2.24) is 20.1 Å². The van der Waals surface area contributed by atoms with Crippen molar-refractivity contribution in [2.45, 2.75) is 19.3 Å². The molecular weight excluding hydrogens is 525 g/mol. The van der Waals surface area contributed by atoms with Crippen LogP contribution in [0.5, 0.6) is 0 Å². The van der Waals surface area contributed by atoms with Gasteiger partial charge in [0.1, 0.15) is 11.5 Å². The van der Waals surface area contributed by atoms with E-state index in [1.165, 1.54) is 41.8 Å². The highest BCUT2D eigenvalue weighted by Crippen LogP contribution is 2.40. The minimum absolute atomic E-state index is 0.00945. The second-order valence-electron chi connectivity index (χ2n) is 8.53. The Morgan fingerprint density at radius 1 is 1.03 bits per heavy atom. The molecule has 0 aliphatic carbocycles. The van der Waals surface area contributed by atoms with Crippen molar-refractivity contribution < 1.29 is 26.5 Å². The van der Waals surface area contributed by atoms with Crippen molar-refractivity contribution in [2.24, 2.45) is 5.10 Å². The van der Waals surface area contributed by atoms with Crippen LogP contribution in [0.4, 0.5) is 22.0 Å². The number of alkyl halides is 3. The first kappa shape index (κ1) is 24.0. The number of hydrogen-bond donors (Lipinski definition) is 1. The van der Waals surface area contributed by atoms with E-state index in [4.69, 9.17) is 4.52 Å². The number of hydrazone groups is 1. The molecule has 0 unspecified atom stereocenters. The summed E-state index contributed by atoms with van der Waals surface area (Å²) in [6.45, 7) is 0.312. The lowest BCUT2D eigenvalue weighted by atomic mass is 10.00. The number of halogens is 5. The van der Waals surface area contributed by atoms with E-state index < -0.39 is 23.4 Å². The molecule has 0 radical (unpaired) electrons. The highest BCUT2D eigenvalue weighted by molar-refractivity contribution is 7.13. The first-order valence-electron chi connectivity index (χ1n) is 11.3. The third-order valence-corrected chi connectivity index (χ3v) is 6.92. The monoisotopic (exact) mass is 541 g/mol. The molecule has 2 aromatic carbocycles. The van der Waals surface area contributed by atoms with Crippen LogP contribution in [0.3, 0.4) is 0 Å². The molecule has 6 nitrogen and oxygen atoms in total. The maximum atomic E-state index is 14.2. The fourth-order valence-electron chi connectivity index (χ4n) is 4.21. The van der Waals surface area contributed by atoms with Crippen molar-refractivity contribution in [3.05, 3.63) is 94.3 Å². The Hall–Kier alpha value is -4.32. The number of H-pyrrole nitrogens is 1. The Labute approximate surface area is 216 Å². The molecule has 6 rings (SSSR count). The largest absolute Gasteiger partial charge is 0.417 e. The van der Waals surface area contributed by atoms with Gasteiger partial charge in [-0.3, -0.25) is 5.01 Å². The second-order valence-corrected chi connectivity index (χ2v) is 9.48. The van der Waals surface area contributed by atoms with Crippen LogP contribution in [0.1, 0.15) is 22.7 Å². The van der Waals surface area contributed by atoms with Gasteiger partial charge < -0.3 is 9.51 Å². The summed E-state index contributed by atoms with van der Waals surface area (Å²) in [5.41, 5.74) is 0.694. The van der Waals surface area contributed by atoms with Crippen LogP contribution in [0.15, 0.2) is 69.6 Å². The molecule has 0 saturated heterocycles. The quantitative estimate of drug-likeness (QED) is 0.241. The predicted molar refractivity (Wildman–Crippen MR) is 131 cm³/mol. The van der Waals surface area contributed by atoms with Crippen LogP contribution < -0.4 is 0 Å². The Kier molecular flexibility index (Phi) is 5.83. The van der Waals surface area contributed by atoms with Gasteiger partial charge in [0.05, 0.1) is 41.8 Å². The minimum atomic E-state index is -4.59. The molecule has 38 heavy (non-hydrogen) atoms. The van der Waals surface area contributed by atoms with Crippen molar-refractivity contribution in [3.8, 4) is 33.1 Å². The lowest BCUT2D eigenvalue weighted by Gasteiger charge is -2.19. The molecule has 192 valence electrons. The summed E-state index contributed by atoms with van der Waals surface area (Å²) in [4.78, 5) is 8.03. The Morgan fingerprint density at radius 2 is 1.89 bits per heavy atom. The van der Waals surface area contributed by atoms with Gasteiger partial charge in [-0.15, -0.1) is 11.3 Å². The average Bonchev–Trinajstić information content (AvgIpc) is 3.66. The molecule has 0 amide bonds. The summed E-state index contributed by atoms with van der Waals surface area (Å²) in [6.07, 6.45) is -3.11. The van der Waals surface area contributed by atoms with Gasteiger partial charge in [0, 0.05) is 16.5 Å². The van der Waals surface area contributed by atoms with Gasteiger partial charge in [0.15, 0.2) is 17.4 Å². The standard InChI is InChI=1S/C26H16F5N5OS/c27-19-4-1-3-17(24(19)28)25-33-21-11-32-36(13-22(21)34-25)12-15-10-20(35-37-15)16-7-6-14(23-5-2-8-38-23)9-18(16)26(29,30)31/h1-11H,12-13H2,(H,33,34). The van der Waals surface area contributed by atoms with Gasteiger partial charge in [-0.2, -0.15) is 18.3 Å². The van der Waals surface area contributed by atoms with E-state index in [-0.39, 0.29) is 35.7 Å². The second kappa shape index (κ2) is 9.21. The van der Waals surface area contributed by atoms with E-state index in [1.54, 1.807) is 28.6 Å². The fraction of sp³-hybridized carbons (Fsp3) is 0.115. The number of benzene rings is 2. The topological polar surface area (TPSA) is 70.3 Å². The Morgan fingerprint density at radius 3 is 2.68 bits per heavy atom. The molecule has 0 atom stereocenters. The third-order valence-electron chi connectivity index (χ3n) is 6.00. The summed E-state index contributed by atoms with van der Waals surface area (Å²) in [5, 5.41) is 11.5. The number of aromatic amines is 1. The zero-order valence-corrected chi connectivity index (χ0v) is 20.1. The normalized spacial score (nSPS) is 13.2. The zero-order chi connectivity index (χ0) is 26.4. The molecular formula is C26H16F5N5OS. The fourth-order valence-corrected chi connectivity index (χ4v) is 4.93. The average molecular weight is 542 g/mol. The molecule has 1 N–H and O–H groups in total. The molecule has 12 heteroatoms. The molecule has 0 fully saturated rings. The number of hydrogen-bond acceptors (Lipinski definition) is 6. The maximum Gasteiger partial charge on any atom is 0.417 e. The van der Waals surface area contributed by atoms with Gasteiger partial charge in [0.25, 0.3) is 0 Å². The number of thiophene rings is 1. The number of imidazole rings is 1. The molecule has 1 aliphatic rings. The Balaban J connectivity index is 1.22. The summed E-state index contributed by atoms with van der Waals surface area (Å²) < 4.78 is 74.9. The van der Waals surface area contributed by atoms with E-state index >= 15 is 0 Å². The van der Waals surface area contributed by atoms with E-state index in [1.807, 2.05) is 0 Å². The first-order valence-corrected chi connectivity index (χ1v) is 12.2. The van der Waals surface area contributed by atoms with E-state index in [2.05, 4.69) is 20.2 Å². The molecule has 4 heterocycles. The maximum absolute atomic E-state index is 14.2. The molecule has 0 saturated carbocycles. The van der Waals surface area contributed by atoms with Crippen LogP contribution in [-0.2, 0) is 19.3 Å². The van der Waals surface area contributed by atoms with Gasteiger partial charge in [-0.25, -0.2) is 13.8 Å². The van der Waals surface area contributed by atoms with Crippen molar-refractivity contribution in [2.75, 3.05) is 0 Å². The molecule has 0 bridgehead atoms. The molecule has 3 aromatic heterocycles. The zero-order valence-electron chi connectivity index (χ0n) is 19.3.